The summed E-state index contributed by atoms with van der Waals surface area (Å²) in [7, 11) is -0.143. The first-order valence-corrected chi connectivity index (χ1v) is 15.9. The summed E-state index contributed by atoms with van der Waals surface area (Å²) in [5.41, 5.74) is 2.85. The second kappa shape index (κ2) is 13.9. The summed E-state index contributed by atoms with van der Waals surface area (Å²) in [5.74, 6) is 0.376. The van der Waals surface area contributed by atoms with Crippen molar-refractivity contribution in [2.75, 3.05) is 7.11 Å². The number of carbonyl (C=O) groups excluding carboxylic acids is 2. The Hall–Kier alpha value is -0.286. The first-order chi connectivity index (χ1) is 15.6. The number of carbonyl (C=O) groups is 2. The maximum atomic E-state index is 14.3. The number of benzene rings is 1. The van der Waals surface area contributed by atoms with Gasteiger partial charge >= 0.3 is 5.97 Å². The third kappa shape index (κ3) is 9.69. The Balaban J connectivity index is 0. The standard InChI is InChI=1S/C25H42OP2.C5H10O2.CH3.Ni/c1-22(2,3)27(23(4,5)6)20-17-15-13-14-16-18(17)21(19(20)26)28(24(7,8)9)25(10,11)12;1-4(2)5(6)7-3;;/h13-16,20-21H,1-12H3;4H,1-3H3;1H3;/q;;-1;/p+1. The van der Waals surface area contributed by atoms with Gasteiger partial charge < -0.3 is 12.2 Å². The Kier molecular flexibility index (Phi) is 14.6. The Morgan fingerprint density at radius 3 is 1.49 bits per heavy atom. The van der Waals surface area contributed by atoms with Crippen LogP contribution in [0.3, 0.4) is 0 Å². The van der Waals surface area contributed by atoms with Crippen LogP contribution in [0, 0.1) is 13.3 Å². The van der Waals surface area contributed by atoms with Crippen molar-refractivity contribution in [3.8, 4) is 0 Å². The van der Waals surface area contributed by atoms with E-state index in [9.17, 15) is 9.59 Å². The van der Waals surface area contributed by atoms with Gasteiger partial charge in [0.2, 0.25) is 0 Å². The summed E-state index contributed by atoms with van der Waals surface area (Å²) < 4.78 is 4.37. The molecule has 0 amide bonds. The molecule has 0 aromatic heterocycles. The van der Waals surface area contributed by atoms with E-state index < -0.39 is 15.8 Å². The van der Waals surface area contributed by atoms with E-state index in [2.05, 4.69) is 112 Å². The van der Waals surface area contributed by atoms with Gasteiger partial charge in [0.25, 0.3) is 0 Å². The third-order valence-corrected chi connectivity index (χ3v) is 14.8. The largest absolute Gasteiger partial charge is 0.469 e. The van der Waals surface area contributed by atoms with Crippen molar-refractivity contribution in [1.29, 1.82) is 0 Å². The molecule has 37 heavy (non-hydrogen) atoms. The molecular weight excluding hydrogens is 541 g/mol. The molecule has 218 valence electrons. The number of ether oxygens (including phenoxy) is 1. The molecule has 6 heteroatoms. The van der Waals surface area contributed by atoms with E-state index >= 15 is 0 Å². The van der Waals surface area contributed by atoms with Crippen LogP contribution in [0.5, 0.6) is 0 Å². The van der Waals surface area contributed by atoms with Crippen LogP contribution in [0.25, 0.3) is 0 Å². The minimum Gasteiger partial charge on any atom is -0.469 e. The fourth-order valence-electron chi connectivity index (χ4n) is 6.06. The molecule has 0 bridgehead atoms. The van der Waals surface area contributed by atoms with E-state index in [1.807, 2.05) is 0 Å². The number of Topliss-reactive ketones (excluding diaryl/α,β-unsaturated/α-hetero) is 1. The third-order valence-electron chi connectivity index (χ3n) is 6.44. The number of esters is 1. The summed E-state index contributed by atoms with van der Waals surface area (Å²) >= 11 is 0. The van der Waals surface area contributed by atoms with Crippen molar-refractivity contribution in [3.63, 3.8) is 0 Å². The number of methoxy groups -OCH3 is 1. The quantitative estimate of drug-likeness (QED) is 0.151. The minimum absolute atomic E-state index is 0. The van der Waals surface area contributed by atoms with Crippen LogP contribution in [-0.4, -0.2) is 39.5 Å². The van der Waals surface area contributed by atoms with E-state index in [1.54, 1.807) is 13.8 Å². The second-order valence-electron chi connectivity index (χ2n) is 14.2. The van der Waals surface area contributed by atoms with Gasteiger partial charge in [-0.2, -0.15) is 0 Å². The minimum atomic E-state index is -1.01. The number of hydrogen-bond donors (Lipinski definition) is 0. The summed E-state index contributed by atoms with van der Waals surface area (Å²) in [6.07, 6.45) is 0. The molecule has 0 fully saturated rings. The van der Waals surface area contributed by atoms with Crippen molar-refractivity contribution < 1.29 is 30.8 Å². The average Bonchev–Trinajstić information content (AvgIpc) is 2.90. The Morgan fingerprint density at radius 1 is 0.838 bits per heavy atom. The summed E-state index contributed by atoms with van der Waals surface area (Å²) in [4.78, 5) is 24.6. The zero-order chi connectivity index (χ0) is 27.7. The summed E-state index contributed by atoms with van der Waals surface area (Å²) in [5, 5.41) is 0.591. The first-order valence-electron chi connectivity index (χ1n) is 12.9. The summed E-state index contributed by atoms with van der Waals surface area (Å²) in [6, 6.07) is 8.80. The predicted molar refractivity (Wildman–Crippen MR) is 164 cm³/mol. The number of rotatable bonds is 3. The van der Waals surface area contributed by atoms with Crippen molar-refractivity contribution in [2.45, 2.75) is 129 Å². The maximum Gasteiger partial charge on any atom is 0.308 e. The molecule has 2 rings (SSSR count). The number of fused-ring (bicyclic) bond motifs is 1. The van der Waals surface area contributed by atoms with Gasteiger partial charge in [-0.25, -0.2) is 0 Å². The van der Waals surface area contributed by atoms with E-state index in [-0.39, 0.29) is 67.7 Å². The van der Waals surface area contributed by atoms with Crippen LogP contribution in [0.2, 0.25) is 0 Å². The first kappa shape index (κ1) is 38.9. The van der Waals surface area contributed by atoms with E-state index in [1.165, 1.54) is 18.2 Å². The smallest absolute Gasteiger partial charge is 0.308 e. The number of hydrogen-bond acceptors (Lipinski definition) is 3. The molecule has 2 atom stereocenters. The predicted octanol–water partition coefficient (Wildman–Crippen LogP) is 9.50. The average molecular weight is 597 g/mol. The molecule has 2 unspecified atom stereocenters. The zero-order valence-corrected chi connectivity index (χ0v) is 29.4. The van der Waals surface area contributed by atoms with Gasteiger partial charge in [-0.1, -0.05) is 87.6 Å². The Bertz CT molecular complexity index is 794. The monoisotopic (exact) mass is 596 g/mol. The van der Waals surface area contributed by atoms with Crippen molar-refractivity contribution in [3.05, 3.63) is 42.8 Å². The maximum absolute atomic E-state index is 14.3. The molecular formula is C31H56NiO3P2. The Labute approximate surface area is 242 Å². The van der Waals surface area contributed by atoms with Gasteiger partial charge in [-0.15, -0.1) is 0 Å². The van der Waals surface area contributed by atoms with Crippen LogP contribution in [0.15, 0.2) is 24.3 Å². The van der Waals surface area contributed by atoms with Crippen LogP contribution in [0.4, 0.5) is 0 Å². The fourth-order valence-corrected chi connectivity index (χ4v) is 15.7. The molecule has 0 heterocycles. The van der Waals surface area contributed by atoms with Gasteiger partial charge in [-0.05, 0) is 57.4 Å². The summed E-state index contributed by atoms with van der Waals surface area (Å²) in [6.45, 7) is 31.8. The topological polar surface area (TPSA) is 43.4 Å². The molecule has 1 aromatic rings. The SMILES string of the molecule is CC(C)(C)P(C1C(=O)C([PH+](C(C)(C)C)C(C)(C)C)c2ccccc21)C(C)(C)C.COC(=O)C(C)C.[CH3-].[Ni]. The molecule has 0 spiro atoms. The van der Waals surface area contributed by atoms with E-state index in [0.717, 1.165) is 0 Å². The normalized spacial score (nSPS) is 18.1. The van der Waals surface area contributed by atoms with Gasteiger partial charge in [0.05, 0.1) is 29.0 Å². The fraction of sp³-hybridized carbons (Fsp3) is 0.710. The van der Waals surface area contributed by atoms with E-state index in [0.29, 0.717) is 5.78 Å². The van der Waals surface area contributed by atoms with Crippen LogP contribution < -0.4 is 0 Å². The molecule has 0 aliphatic heterocycles. The zero-order valence-electron chi connectivity index (χ0n) is 26.5. The molecule has 0 N–H and O–H groups in total. The van der Waals surface area contributed by atoms with Gasteiger partial charge in [0.15, 0.2) is 11.4 Å². The van der Waals surface area contributed by atoms with Crippen molar-refractivity contribution in [2.24, 2.45) is 5.92 Å². The van der Waals surface area contributed by atoms with Crippen LogP contribution in [0.1, 0.15) is 119 Å². The molecule has 0 radical (unpaired) electrons. The molecule has 0 saturated heterocycles. The van der Waals surface area contributed by atoms with Crippen LogP contribution >= 0.6 is 15.8 Å². The van der Waals surface area contributed by atoms with Crippen LogP contribution in [-0.2, 0) is 30.8 Å². The Morgan fingerprint density at radius 2 is 1.22 bits per heavy atom. The van der Waals surface area contributed by atoms with Gasteiger partial charge in [0, 0.05) is 30.0 Å². The molecule has 3 nitrogen and oxygen atoms in total. The molecule has 1 aromatic carbocycles. The molecule has 0 saturated carbocycles. The van der Waals surface area contributed by atoms with Crippen molar-refractivity contribution >= 4 is 27.6 Å². The second-order valence-corrected chi connectivity index (χ2v) is 22.5. The van der Waals surface area contributed by atoms with E-state index in [4.69, 9.17) is 0 Å². The number of ketones is 1. The molecule has 1 aliphatic carbocycles. The van der Waals surface area contributed by atoms with Gasteiger partial charge in [-0.3, -0.25) is 9.59 Å². The van der Waals surface area contributed by atoms with Gasteiger partial charge in [0.1, 0.15) is 0 Å². The molecule has 1 aliphatic rings. The van der Waals surface area contributed by atoms with Crippen molar-refractivity contribution in [1.82, 2.24) is 0 Å².